The van der Waals surface area contributed by atoms with Crippen LogP contribution in [0, 0.1) is 0 Å². The zero-order valence-electron chi connectivity index (χ0n) is 17.5. The number of anilines is 1. The van der Waals surface area contributed by atoms with Crippen molar-refractivity contribution in [2.75, 3.05) is 31.6 Å². The smallest absolute Gasteiger partial charge is 0.251 e. The average molecular weight is 467 g/mol. The van der Waals surface area contributed by atoms with Crippen molar-refractivity contribution in [2.24, 2.45) is 0 Å². The summed E-state index contributed by atoms with van der Waals surface area (Å²) in [6, 6.07) is 7.54. The van der Waals surface area contributed by atoms with Crippen molar-refractivity contribution in [1.82, 2.24) is 14.3 Å². The number of hydrogen-bond donors (Lipinski definition) is 2. The molecule has 1 fully saturated rings. The minimum absolute atomic E-state index is 0.171. The maximum absolute atomic E-state index is 12.7. The van der Waals surface area contributed by atoms with E-state index in [0.717, 1.165) is 18.2 Å². The molecule has 31 heavy (non-hydrogen) atoms. The number of aromatic amines is 1. The molecule has 9 nitrogen and oxygen atoms in total. The van der Waals surface area contributed by atoms with Crippen LogP contribution in [0.5, 0.6) is 0 Å². The Morgan fingerprint density at radius 1 is 1.29 bits per heavy atom. The third-order valence-electron chi connectivity index (χ3n) is 4.67. The molecule has 1 saturated heterocycles. The van der Waals surface area contributed by atoms with Crippen LogP contribution >= 0.6 is 11.8 Å². The number of aryl methyl sites for hydroxylation is 1. The number of carbonyl (C=O) groups excluding carboxylic acids is 1. The van der Waals surface area contributed by atoms with Crippen LogP contribution in [0.1, 0.15) is 26.0 Å². The number of benzene rings is 1. The normalized spacial score (nSPS) is 16.1. The first-order chi connectivity index (χ1) is 14.8. The number of ether oxygens (including phenoxy) is 1. The largest absolute Gasteiger partial charge is 0.379 e. The standard InChI is InChI=1S/C20H26N4O5S2/c1-3-4-16-13-18(25)23-20(22-16)30-14(2)19(26)21-15-5-7-17(8-6-15)31(27,28)24-9-11-29-12-10-24/h5-8,13-14H,3-4,9-12H2,1-2H3,(H,21,26)(H,22,23,25)/t14-/m1/s1. The van der Waals surface area contributed by atoms with Crippen molar-refractivity contribution < 1.29 is 17.9 Å². The van der Waals surface area contributed by atoms with Gasteiger partial charge >= 0.3 is 0 Å². The molecule has 3 rings (SSSR count). The Kier molecular flexibility index (Phi) is 7.87. The molecular weight excluding hydrogens is 440 g/mol. The third kappa shape index (κ3) is 6.16. The molecule has 1 aromatic heterocycles. The second-order valence-electron chi connectivity index (χ2n) is 7.08. The maximum atomic E-state index is 12.7. The summed E-state index contributed by atoms with van der Waals surface area (Å²) in [5, 5.41) is 2.64. The number of morpholine rings is 1. The molecule has 168 valence electrons. The molecule has 0 aliphatic carbocycles. The fraction of sp³-hybridized carbons (Fsp3) is 0.450. The minimum atomic E-state index is -3.58. The van der Waals surface area contributed by atoms with Crippen LogP contribution in [-0.4, -0.2) is 60.2 Å². The van der Waals surface area contributed by atoms with E-state index in [-0.39, 0.29) is 16.4 Å². The first kappa shape index (κ1) is 23.5. The number of H-pyrrole nitrogens is 1. The van der Waals surface area contributed by atoms with Crippen molar-refractivity contribution in [3.05, 3.63) is 46.4 Å². The summed E-state index contributed by atoms with van der Waals surface area (Å²) >= 11 is 1.16. The van der Waals surface area contributed by atoms with Crippen LogP contribution in [-0.2, 0) is 26.0 Å². The number of nitrogens with zero attached hydrogens (tertiary/aromatic N) is 2. The number of sulfonamides is 1. The second kappa shape index (κ2) is 10.4. The molecule has 2 heterocycles. The minimum Gasteiger partial charge on any atom is -0.379 e. The van der Waals surface area contributed by atoms with Gasteiger partial charge in [0.05, 0.1) is 23.4 Å². The van der Waals surface area contributed by atoms with Gasteiger partial charge in [0.25, 0.3) is 5.56 Å². The molecule has 2 aromatic rings. The summed E-state index contributed by atoms with van der Waals surface area (Å²) in [6.45, 7) is 5.12. The molecule has 2 N–H and O–H groups in total. The Balaban J connectivity index is 1.63. The molecule has 1 aromatic carbocycles. The summed E-state index contributed by atoms with van der Waals surface area (Å²) in [5.74, 6) is -0.280. The molecule has 0 radical (unpaired) electrons. The van der Waals surface area contributed by atoms with Crippen LogP contribution in [0.4, 0.5) is 5.69 Å². The third-order valence-corrected chi connectivity index (χ3v) is 7.56. The summed E-state index contributed by atoms with van der Waals surface area (Å²) < 4.78 is 32.0. The highest BCUT2D eigenvalue weighted by molar-refractivity contribution is 8.00. The van der Waals surface area contributed by atoms with Gasteiger partial charge in [0, 0.05) is 30.5 Å². The van der Waals surface area contributed by atoms with E-state index in [9.17, 15) is 18.0 Å². The number of hydrogen-bond acceptors (Lipinski definition) is 7. The zero-order chi connectivity index (χ0) is 22.4. The molecule has 0 bridgehead atoms. The molecule has 0 saturated carbocycles. The van der Waals surface area contributed by atoms with Crippen molar-refractivity contribution in [2.45, 2.75) is 42.0 Å². The Morgan fingerprint density at radius 2 is 1.97 bits per heavy atom. The molecule has 0 spiro atoms. The fourth-order valence-corrected chi connectivity index (χ4v) is 5.27. The lowest BCUT2D eigenvalue weighted by atomic mass is 10.2. The number of nitrogens with one attached hydrogen (secondary N) is 2. The second-order valence-corrected chi connectivity index (χ2v) is 10.3. The molecule has 1 aliphatic heterocycles. The highest BCUT2D eigenvalue weighted by atomic mass is 32.2. The maximum Gasteiger partial charge on any atom is 0.251 e. The van der Waals surface area contributed by atoms with E-state index in [0.29, 0.717) is 49.3 Å². The van der Waals surface area contributed by atoms with Crippen molar-refractivity contribution in [3.63, 3.8) is 0 Å². The van der Waals surface area contributed by atoms with Gasteiger partial charge in [-0.15, -0.1) is 0 Å². The van der Waals surface area contributed by atoms with Gasteiger partial charge in [-0.1, -0.05) is 25.1 Å². The Labute approximate surface area is 185 Å². The molecule has 0 unspecified atom stereocenters. The lowest BCUT2D eigenvalue weighted by Gasteiger charge is -2.26. The summed E-state index contributed by atoms with van der Waals surface area (Å²) in [5.41, 5.74) is 0.934. The molecule has 1 aliphatic rings. The van der Waals surface area contributed by atoms with Crippen LogP contribution in [0.3, 0.4) is 0 Å². The SMILES string of the molecule is CCCc1cc(=O)[nH]c(S[C@H](C)C(=O)Nc2ccc(S(=O)(=O)N3CCOCC3)cc2)n1. The van der Waals surface area contributed by atoms with E-state index < -0.39 is 15.3 Å². The summed E-state index contributed by atoms with van der Waals surface area (Å²) in [4.78, 5) is 31.5. The van der Waals surface area contributed by atoms with E-state index in [1.807, 2.05) is 6.92 Å². The predicted octanol–water partition coefficient (Wildman–Crippen LogP) is 1.86. The average Bonchev–Trinajstić information content (AvgIpc) is 2.74. The van der Waals surface area contributed by atoms with Gasteiger partial charge in [0.15, 0.2) is 5.16 Å². The van der Waals surface area contributed by atoms with Gasteiger partial charge in [0.1, 0.15) is 0 Å². The quantitative estimate of drug-likeness (QED) is 0.450. The van der Waals surface area contributed by atoms with Gasteiger partial charge in [-0.3, -0.25) is 9.59 Å². The van der Waals surface area contributed by atoms with Crippen molar-refractivity contribution in [1.29, 1.82) is 0 Å². The number of thioether (sulfide) groups is 1. The van der Waals surface area contributed by atoms with Crippen molar-refractivity contribution >= 4 is 33.4 Å². The Hall–Kier alpha value is -2.21. The highest BCUT2D eigenvalue weighted by Crippen LogP contribution is 2.22. The number of rotatable bonds is 8. The Morgan fingerprint density at radius 3 is 2.61 bits per heavy atom. The molecule has 11 heteroatoms. The fourth-order valence-electron chi connectivity index (χ4n) is 3.03. The van der Waals surface area contributed by atoms with Gasteiger partial charge in [0.2, 0.25) is 15.9 Å². The van der Waals surface area contributed by atoms with E-state index in [1.165, 1.54) is 22.5 Å². The summed E-state index contributed by atoms with van der Waals surface area (Å²) in [7, 11) is -3.58. The van der Waals surface area contributed by atoms with Gasteiger partial charge in [-0.05, 0) is 37.6 Å². The number of amides is 1. The lowest BCUT2D eigenvalue weighted by Crippen LogP contribution is -2.40. The van der Waals surface area contributed by atoms with Crippen LogP contribution in [0.15, 0.2) is 45.2 Å². The monoisotopic (exact) mass is 466 g/mol. The number of aromatic nitrogens is 2. The zero-order valence-corrected chi connectivity index (χ0v) is 19.1. The molecule has 1 amide bonds. The van der Waals surface area contributed by atoms with Gasteiger partial charge in [-0.25, -0.2) is 13.4 Å². The molecule has 1 atom stereocenters. The highest BCUT2D eigenvalue weighted by Gasteiger charge is 2.26. The predicted molar refractivity (Wildman–Crippen MR) is 119 cm³/mol. The van der Waals surface area contributed by atoms with Crippen LogP contribution in [0.25, 0.3) is 0 Å². The lowest BCUT2D eigenvalue weighted by molar-refractivity contribution is -0.115. The first-order valence-electron chi connectivity index (χ1n) is 10.1. The number of carbonyl (C=O) groups is 1. The van der Waals surface area contributed by atoms with Crippen LogP contribution < -0.4 is 10.9 Å². The summed E-state index contributed by atoms with van der Waals surface area (Å²) in [6.07, 6.45) is 1.56. The topological polar surface area (TPSA) is 121 Å². The molecular formula is C20H26N4O5S2. The Bertz CT molecular complexity index is 1060. The van der Waals surface area contributed by atoms with E-state index in [4.69, 9.17) is 4.74 Å². The van der Waals surface area contributed by atoms with Gasteiger partial charge in [-0.2, -0.15) is 4.31 Å². The van der Waals surface area contributed by atoms with E-state index in [1.54, 1.807) is 19.1 Å². The van der Waals surface area contributed by atoms with E-state index >= 15 is 0 Å². The van der Waals surface area contributed by atoms with Crippen LogP contribution in [0.2, 0.25) is 0 Å². The first-order valence-corrected chi connectivity index (χ1v) is 12.4. The van der Waals surface area contributed by atoms with E-state index in [2.05, 4.69) is 15.3 Å². The van der Waals surface area contributed by atoms with Crippen molar-refractivity contribution in [3.8, 4) is 0 Å². The van der Waals surface area contributed by atoms with Gasteiger partial charge < -0.3 is 15.0 Å².